The molecule has 0 heterocycles. The first-order valence-electron chi connectivity index (χ1n) is 6.69. The number of nitrogens with zero attached hydrogens (tertiary/aromatic N) is 1. The van der Waals surface area contributed by atoms with Gasteiger partial charge < -0.3 is 10.2 Å². The summed E-state index contributed by atoms with van der Waals surface area (Å²) in [6, 6.07) is 10.4. The molecule has 0 aliphatic heterocycles. The van der Waals surface area contributed by atoms with E-state index in [0.29, 0.717) is 12.4 Å². The Morgan fingerprint density at radius 2 is 2.05 bits per heavy atom. The fourth-order valence-electron chi connectivity index (χ4n) is 1.78. The topological polar surface area (TPSA) is 32.3 Å². The van der Waals surface area contributed by atoms with Crippen LogP contribution in [0.3, 0.4) is 0 Å². The molecule has 1 aromatic carbocycles. The van der Waals surface area contributed by atoms with Crippen LogP contribution in [0.25, 0.3) is 0 Å². The standard InChI is InChI=1S/C15H23ClN2O/c1-13(11-16)15(19)17-9-6-10-18(2)12-14-7-4-3-5-8-14/h3-5,7-8,13H,6,9-12H2,1-2H3,(H,17,19). The highest BCUT2D eigenvalue weighted by molar-refractivity contribution is 6.19. The Bertz CT molecular complexity index is 370. The molecule has 0 saturated heterocycles. The quantitative estimate of drug-likeness (QED) is 0.587. The Morgan fingerprint density at radius 3 is 2.68 bits per heavy atom. The average Bonchev–Trinajstić information content (AvgIpc) is 2.43. The number of carbonyl (C=O) groups is 1. The number of nitrogens with one attached hydrogen (secondary N) is 1. The number of rotatable bonds is 8. The molecule has 0 saturated carbocycles. The Hall–Kier alpha value is -1.06. The second-order valence-corrected chi connectivity index (χ2v) is 5.23. The van der Waals surface area contributed by atoms with E-state index in [1.54, 1.807) is 0 Å². The summed E-state index contributed by atoms with van der Waals surface area (Å²) in [5, 5.41) is 2.90. The number of halogens is 1. The van der Waals surface area contributed by atoms with E-state index in [4.69, 9.17) is 11.6 Å². The van der Waals surface area contributed by atoms with Gasteiger partial charge >= 0.3 is 0 Å². The van der Waals surface area contributed by atoms with Gasteiger partial charge in [-0.05, 0) is 25.6 Å². The molecule has 0 aromatic heterocycles. The molecule has 0 bridgehead atoms. The van der Waals surface area contributed by atoms with Crippen molar-refractivity contribution in [2.45, 2.75) is 19.9 Å². The third-order valence-corrected chi connectivity index (χ3v) is 3.45. The van der Waals surface area contributed by atoms with Gasteiger partial charge in [0.15, 0.2) is 0 Å². The first-order valence-corrected chi connectivity index (χ1v) is 7.23. The van der Waals surface area contributed by atoms with Crippen molar-refractivity contribution in [3.05, 3.63) is 35.9 Å². The summed E-state index contributed by atoms with van der Waals surface area (Å²) in [5.74, 6) is 0.309. The monoisotopic (exact) mass is 282 g/mol. The molecule has 0 spiro atoms. The van der Waals surface area contributed by atoms with E-state index in [2.05, 4.69) is 41.5 Å². The summed E-state index contributed by atoms with van der Waals surface area (Å²) in [4.78, 5) is 13.8. The molecule has 0 aliphatic carbocycles. The molecule has 3 nitrogen and oxygen atoms in total. The lowest BCUT2D eigenvalue weighted by Crippen LogP contribution is -2.32. The summed E-state index contributed by atoms with van der Waals surface area (Å²) < 4.78 is 0. The van der Waals surface area contributed by atoms with Crippen LogP contribution in [0.15, 0.2) is 30.3 Å². The molecule has 1 unspecified atom stereocenters. The predicted octanol–water partition coefficient (Wildman–Crippen LogP) is 2.50. The lowest BCUT2D eigenvalue weighted by Gasteiger charge is -2.17. The Morgan fingerprint density at radius 1 is 1.37 bits per heavy atom. The molecule has 1 aromatic rings. The first kappa shape index (κ1) is 16.0. The van der Waals surface area contributed by atoms with E-state index in [-0.39, 0.29) is 11.8 Å². The molecular weight excluding hydrogens is 260 g/mol. The molecule has 0 aliphatic rings. The molecule has 1 N–H and O–H groups in total. The summed E-state index contributed by atoms with van der Waals surface area (Å²) in [6.07, 6.45) is 0.948. The van der Waals surface area contributed by atoms with Gasteiger partial charge in [-0.25, -0.2) is 0 Å². The van der Waals surface area contributed by atoms with Crippen LogP contribution in [0, 0.1) is 5.92 Å². The summed E-state index contributed by atoms with van der Waals surface area (Å²) in [6.45, 7) is 4.44. The zero-order valence-electron chi connectivity index (χ0n) is 11.7. The first-order chi connectivity index (χ1) is 9.13. The van der Waals surface area contributed by atoms with E-state index in [1.165, 1.54) is 5.56 Å². The second-order valence-electron chi connectivity index (χ2n) is 4.92. The van der Waals surface area contributed by atoms with Crippen LogP contribution in [0.4, 0.5) is 0 Å². The van der Waals surface area contributed by atoms with Crippen molar-refractivity contribution in [1.82, 2.24) is 10.2 Å². The van der Waals surface area contributed by atoms with E-state index >= 15 is 0 Å². The van der Waals surface area contributed by atoms with Gasteiger partial charge in [0.2, 0.25) is 5.91 Å². The fraction of sp³-hybridized carbons (Fsp3) is 0.533. The highest BCUT2D eigenvalue weighted by Gasteiger charge is 2.10. The summed E-state index contributed by atoms with van der Waals surface area (Å²) >= 11 is 5.63. The van der Waals surface area contributed by atoms with E-state index < -0.39 is 0 Å². The summed E-state index contributed by atoms with van der Waals surface area (Å²) in [7, 11) is 2.09. The molecule has 1 rings (SSSR count). The Labute approximate surface area is 120 Å². The van der Waals surface area contributed by atoms with Crippen molar-refractivity contribution in [2.24, 2.45) is 5.92 Å². The highest BCUT2D eigenvalue weighted by Crippen LogP contribution is 2.03. The maximum atomic E-state index is 11.5. The van der Waals surface area contributed by atoms with Gasteiger partial charge in [0.25, 0.3) is 0 Å². The second kappa shape index (κ2) is 8.94. The van der Waals surface area contributed by atoms with Gasteiger partial charge in [-0.15, -0.1) is 11.6 Å². The van der Waals surface area contributed by atoms with Crippen molar-refractivity contribution in [1.29, 1.82) is 0 Å². The maximum Gasteiger partial charge on any atom is 0.224 e. The molecule has 4 heteroatoms. The minimum atomic E-state index is -0.108. The van der Waals surface area contributed by atoms with Gasteiger partial charge in [0.05, 0.1) is 0 Å². The molecule has 1 amide bonds. The number of hydrogen-bond donors (Lipinski definition) is 1. The third-order valence-electron chi connectivity index (χ3n) is 2.99. The van der Waals surface area contributed by atoms with Crippen molar-refractivity contribution in [3.8, 4) is 0 Å². The molecule has 19 heavy (non-hydrogen) atoms. The van der Waals surface area contributed by atoms with Gasteiger partial charge in [0, 0.05) is 24.9 Å². The van der Waals surface area contributed by atoms with Gasteiger partial charge in [0.1, 0.15) is 0 Å². The number of hydrogen-bond acceptors (Lipinski definition) is 2. The van der Waals surface area contributed by atoms with Crippen LogP contribution in [-0.4, -0.2) is 36.8 Å². The van der Waals surface area contributed by atoms with Crippen LogP contribution in [0.1, 0.15) is 18.9 Å². The predicted molar refractivity (Wildman–Crippen MR) is 80.3 cm³/mol. The minimum absolute atomic E-state index is 0.0423. The van der Waals surface area contributed by atoms with Crippen LogP contribution in [0.2, 0.25) is 0 Å². The number of benzene rings is 1. The fourth-order valence-corrected chi connectivity index (χ4v) is 1.92. The smallest absolute Gasteiger partial charge is 0.224 e. The molecule has 0 radical (unpaired) electrons. The van der Waals surface area contributed by atoms with Crippen LogP contribution in [-0.2, 0) is 11.3 Å². The SMILES string of the molecule is CC(CCl)C(=O)NCCCN(C)Cc1ccccc1. The lowest BCUT2D eigenvalue weighted by atomic mass is 10.2. The number of carbonyl (C=O) groups excluding carboxylic acids is 1. The molecule has 0 fully saturated rings. The Kier molecular flexibility index (Phi) is 7.53. The van der Waals surface area contributed by atoms with Crippen LogP contribution in [0.5, 0.6) is 0 Å². The van der Waals surface area contributed by atoms with Crippen molar-refractivity contribution in [2.75, 3.05) is 26.0 Å². The van der Waals surface area contributed by atoms with E-state index in [0.717, 1.165) is 19.5 Å². The Balaban J connectivity index is 2.14. The molecular formula is C15H23ClN2O. The van der Waals surface area contributed by atoms with E-state index in [1.807, 2.05) is 13.0 Å². The molecule has 106 valence electrons. The normalized spacial score (nSPS) is 12.4. The van der Waals surface area contributed by atoms with Crippen molar-refractivity contribution >= 4 is 17.5 Å². The third kappa shape index (κ3) is 6.60. The van der Waals surface area contributed by atoms with Gasteiger partial charge in [-0.1, -0.05) is 37.3 Å². The molecule has 1 atom stereocenters. The van der Waals surface area contributed by atoms with E-state index in [9.17, 15) is 4.79 Å². The number of alkyl halides is 1. The largest absolute Gasteiger partial charge is 0.356 e. The van der Waals surface area contributed by atoms with Gasteiger partial charge in [-0.2, -0.15) is 0 Å². The zero-order chi connectivity index (χ0) is 14.1. The minimum Gasteiger partial charge on any atom is -0.356 e. The van der Waals surface area contributed by atoms with Crippen LogP contribution < -0.4 is 5.32 Å². The summed E-state index contributed by atoms with van der Waals surface area (Å²) in [5.41, 5.74) is 1.31. The van der Waals surface area contributed by atoms with Crippen molar-refractivity contribution in [3.63, 3.8) is 0 Å². The zero-order valence-corrected chi connectivity index (χ0v) is 12.5. The lowest BCUT2D eigenvalue weighted by molar-refractivity contribution is -0.123. The number of amides is 1. The average molecular weight is 283 g/mol. The van der Waals surface area contributed by atoms with Crippen molar-refractivity contribution < 1.29 is 4.79 Å². The highest BCUT2D eigenvalue weighted by atomic mass is 35.5. The van der Waals surface area contributed by atoms with Crippen LogP contribution >= 0.6 is 11.6 Å². The maximum absolute atomic E-state index is 11.5. The van der Waals surface area contributed by atoms with Gasteiger partial charge in [-0.3, -0.25) is 4.79 Å².